The van der Waals surface area contributed by atoms with Crippen LogP contribution in [-0.4, -0.2) is 0 Å². The maximum absolute atomic E-state index is 5.58. The first-order valence-corrected chi connectivity index (χ1v) is 12.9. The van der Waals surface area contributed by atoms with Gasteiger partial charge in [-0.25, -0.2) is 0 Å². The van der Waals surface area contributed by atoms with Crippen molar-refractivity contribution in [1.29, 1.82) is 0 Å². The lowest BCUT2D eigenvalue weighted by Gasteiger charge is -2.05. The summed E-state index contributed by atoms with van der Waals surface area (Å²) in [5.74, 6) is 0.521. The number of hydrogen-bond acceptors (Lipinski definition) is 2. The Morgan fingerprint density at radius 2 is 0.679 bits per heavy atom. The molecule has 0 aliphatic heterocycles. The Balaban J connectivity index is 3.06. The van der Waals surface area contributed by atoms with E-state index in [1.165, 1.54) is 135 Å². The Labute approximate surface area is 178 Å². The number of allylic oxidation sites excluding steroid dienone is 1. The Morgan fingerprint density at radius 1 is 0.429 bits per heavy atom. The molecule has 28 heavy (non-hydrogen) atoms. The zero-order chi connectivity index (χ0) is 20.7. The van der Waals surface area contributed by atoms with Crippen molar-refractivity contribution in [3.63, 3.8) is 0 Å². The van der Waals surface area contributed by atoms with Crippen LogP contribution in [0.25, 0.3) is 0 Å². The molecule has 0 aromatic rings. The van der Waals surface area contributed by atoms with Crippen molar-refractivity contribution in [2.24, 2.45) is 11.5 Å². The fraction of sp³-hybridized carbons (Fsp3) is 0.923. The summed E-state index contributed by atoms with van der Waals surface area (Å²) in [5.41, 5.74) is 12.3. The third-order valence-electron chi connectivity index (χ3n) is 6.15. The molecule has 2 nitrogen and oxygen atoms in total. The quantitative estimate of drug-likeness (QED) is 0.180. The largest absolute Gasteiger partial charge is 0.386 e. The molecule has 0 saturated heterocycles. The third-order valence-corrected chi connectivity index (χ3v) is 6.15. The lowest BCUT2D eigenvalue weighted by molar-refractivity contribution is 0.520. The van der Waals surface area contributed by atoms with Gasteiger partial charge in [0.15, 0.2) is 0 Å². The standard InChI is InChI=1S/C26H54N2/c1-3-4-5-6-7-8-9-10-11-12-13-14-15-16-17-18-19-20-21-22-23-24-25(2)26(27)28/h3-24,27-28H2,1-2H3. The molecule has 168 valence electrons. The van der Waals surface area contributed by atoms with Crippen molar-refractivity contribution >= 4 is 0 Å². The number of unbranched alkanes of at least 4 members (excludes halogenated alkanes) is 20. The predicted molar refractivity (Wildman–Crippen MR) is 128 cm³/mol. The van der Waals surface area contributed by atoms with Crippen LogP contribution in [0.15, 0.2) is 11.4 Å². The van der Waals surface area contributed by atoms with Gasteiger partial charge >= 0.3 is 0 Å². The van der Waals surface area contributed by atoms with Gasteiger partial charge in [0.25, 0.3) is 0 Å². The third kappa shape index (κ3) is 21.6. The van der Waals surface area contributed by atoms with Gasteiger partial charge in [-0.3, -0.25) is 0 Å². The second-order valence-electron chi connectivity index (χ2n) is 9.06. The van der Waals surface area contributed by atoms with E-state index < -0.39 is 0 Å². The summed E-state index contributed by atoms with van der Waals surface area (Å²) in [7, 11) is 0. The van der Waals surface area contributed by atoms with Crippen LogP contribution in [0, 0.1) is 0 Å². The normalized spacial score (nSPS) is 11.1. The predicted octanol–water partition coefficient (Wildman–Crippen LogP) is 8.74. The molecule has 0 aliphatic carbocycles. The van der Waals surface area contributed by atoms with E-state index >= 15 is 0 Å². The fourth-order valence-corrected chi connectivity index (χ4v) is 3.97. The second kappa shape index (κ2) is 22.6. The first kappa shape index (κ1) is 27.3. The summed E-state index contributed by atoms with van der Waals surface area (Å²) < 4.78 is 0. The van der Waals surface area contributed by atoms with E-state index in [0.29, 0.717) is 5.82 Å². The van der Waals surface area contributed by atoms with E-state index in [-0.39, 0.29) is 0 Å². The van der Waals surface area contributed by atoms with Crippen LogP contribution in [0.1, 0.15) is 155 Å². The van der Waals surface area contributed by atoms with E-state index in [9.17, 15) is 0 Å². The molecule has 4 N–H and O–H groups in total. The molecule has 0 aromatic heterocycles. The molecule has 0 amide bonds. The summed E-state index contributed by atoms with van der Waals surface area (Å²) in [4.78, 5) is 0. The molecule has 0 rings (SSSR count). The van der Waals surface area contributed by atoms with Crippen LogP contribution in [0.2, 0.25) is 0 Å². The summed E-state index contributed by atoms with van der Waals surface area (Å²) in [6, 6.07) is 0. The minimum Gasteiger partial charge on any atom is -0.386 e. The van der Waals surface area contributed by atoms with E-state index in [4.69, 9.17) is 11.5 Å². The smallest absolute Gasteiger partial charge is 0.0922 e. The number of hydrogen-bond donors (Lipinski definition) is 2. The highest BCUT2D eigenvalue weighted by Crippen LogP contribution is 2.15. The van der Waals surface area contributed by atoms with Crippen molar-refractivity contribution in [3.05, 3.63) is 11.4 Å². The molecule has 0 aromatic carbocycles. The van der Waals surface area contributed by atoms with Gasteiger partial charge in [0.05, 0.1) is 5.82 Å². The molecular formula is C26H54N2. The molecule has 0 fully saturated rings. The van der Waals surface area contributed by atoms with Crippen LogP contribution in [0.3, 0.4) is 0 Å². The topological polar surface area (TPSA) is 52.0 Å². The molecule has 0 unspecified atom stereocenters. The molecular weight excluding hydrogens is 340 g/mol. The summed E-state index contributed by atoms with van der Waals surface area (Å²) in [6.07, 6.45) is 31.1. The fourth-order valence-electron chi connectivity index (χ4n) is 3.97. The molecule has 0 atom stereocenters. The lowest BCUT2D eigenvalue weighted by atomic mass is 10.0. The molecule has 0 heterocycles. The van der Waals surface area contributed by atoms with Crippen molar-refractivity contribution < 1.29 is 0 Å². The van der Waals surface area contributed by atoms with Crippen LogP contribution in [0.4, 0.5) is 0 Å². The van der Waals surface area contributed by atoms with Crippen molar-refractivity contribution in [1.82, 2.24) is 0 Å². The minimum absolute atomic E-state index is 0.521. The maximum Gasteiger partial charge on any atom is 0.0922 e. The minimum atomic E-state index is 0.521. The van der Waals surface area contributed by atoms with Gasteiger partial charge < -0.3 is 11.5 Å². The highest BCUT2D eigenvalue weighted by atomic mass is 14.8. The van der Waals surface area contributed by atoms with Gasteiger partial charge in [-0.2, -0.15) is 0 Å². The highest BCUT2D eigenvalue weighted by molar-refractivity contribution is 5.03. The number of rotatable bonds is 22. The average Bonchev–Trinajstić information content (AvgIpc) is 2.68. The van der Waals surface area contributed by atoms with E-state index in [0.717, 1.165) is 12.0 Å². The molecule has 0 bridgehead atoms. The van der Waals surface area contributed by atoms with Crippen LogP contribution in [-0.2, 0) is 0 Å². The van der Waals surface area contributed by atoms with Crippen molar-refractivity contribution in [2.45, 2.75) is 155 Å². The Hall–Kier alpha value is -0.660. The second-order valence-corrected chi connectivity index (χ2v) is 9.06. The van der Waals surface area contributed by atoms with Gasteiger partial charge in [-0.1, -0.05) is 135 Å². The van der Waals surface area contributed by atoms with Crippen LogP contribution in [0.5, 0.6) is 0 Å². The van der Waals surface area contributed by atoms with E-state index in [2.05, 4.69) is 6.92 Å². The van der Waals surface area contributed by atoms with Gasteiger partial charge in [-0.15, -0.1) is 0 Å². The summed E-state index contributed by atoms with van der Waals surface area (Å²) in [5, 5.41) is 0. The van der Waals surface area contributed by atoms with Gasteiger partial charge in [0.2, 0.25) is 0 Å². The molecule has 0 saturated carbocycles. The van der Waals surface area contributed by atoms with Gasteiger partial charge in [-0.05, 0) is 25.3 Å². The maximum atomic E-state index is 5.58. The average molecular weight is 395 g/mol. The molecule has 0 radical (unpaired) electrons. The van der Waals surface area contributed by atoms with Crippen LogP contribution >= 0.6 is 0 Å². The first-order chi connectivity index (χ1) is 13.7. The Morgan fingerprint density at radius 3 is 0.929 bits per heavy atom. The van der Waals surface area contributed by atoms with E-state index in [1.54, 1.807) is 0 Å². The zero-order valence-corrected chi connectivity index (χ0v) is 19.7. The van der Waals surface area contributed by atoms with E-state index in [1.807, 2.05) is 6.92 Å². The Bertz CT molecular complexity index is 331. The van der Waals surface area contributed by atoms with Crippen LogP contribution < -0.4 is 11.5 Å². The highest BCUT2D eigenvalue weighted by Gasteiger charge is 1.97. The number of nitrogens with two attached hydrogens (primary N) is 2. The monoisotopic (exact) mass is 394 g/mol. The van der Waals surface area contributed by atoms with Gasteiger partial charge in [0, 0.05) is 0 Å². The SMILES string of the molecule is CCCCCCCCCCCCCCCCCCCCCCCC(C)=C(N)N. The zero-order valence-electron chi connectivity index (χ0n) is 19.7. The van der Waals surface area contributed by atoms with Gasteiger partial charge in [0.1, 0.15) is 0 Å². The van der Waals surface area contributed by atoms with Crippen molar-refractivity contribution in [3.8, 4) is 0 Å². The summed E-state index contributed by atoms with van der Waals surface area (Å²) in [6.45, 7) is 4.34. The summed E-state index contributed by atoms with van der Waals surface area (Å²) >= 11 is 0. The van der Waals surface area contributed by atoms with Crippen molar-refractivity contribution in [2.75, 3.05) is 0 Å². The lowest BCUT2D eigenvalue weighted by Crippen LogP contribution is -2.10. The first-order valence-electron chi connectivity index (χ1n) is 12.9. The molecule has 0 aliphatic rings. The Kier molecular flexibility index (Phi) is 22.1. The molecule has 2 heteroatoms. The molecule has 0 spiro atoms.